The summed E-state index contributed by atoms with van der Waals surface area (Å²) in [5.41, 5.74) is 0.431. The second-order valence-electron chi connectivity index (χ2n) is 4.94. The Hall–Kier alpha value is -2.77. The van der Waals surface area contributed by atoms with Crippen molar-refractivity contribution in [2.45, 2.75) is 33.6 Å². The number of hydrogen-bond donors (Lipinski definition) is 2. The van der Waals surface area contributed by atoms with Crippen LogP contribution in [-0.4, -0.2) is 37.7 Å². The number of ether oxygens (including phenoxy) is 3. The lowest BCUT2D eigenvalue weighted by Gasteiger charge is -2.13. The average molecular weight is 352 g/mol. The Morgan fingerprint density at radius 1 is 1.00 bits per heavy atom. The van der Waals surface area contributed by atoms with E-state index >= 15 is 0 Å². The summed E-state index contributed by atoms with van der Waals surface area (Å²) >= 11 is 0. The first kappa shape index (κ1) is 20.3. The third-order valence-electron chi connectivity index (χ3n) is 2.87. The molecule has 1 aromatic rings. The fourth-order valence-corrected chi connectivity index (χ4v) is 1.88. The molecule has 8 nitrogen and oxygen atoms in total. The summed E-state index contributed by atoms with van der Waals surface area (Å²) in [5.74, 6) is -0.139. The number of carbonyl (C=O) groups is 3. The molecule has 1 rings (SSSR count). The van der Waals surface area contributed by atoms with E-state index < -0.39 is 24.5 Å². The summed E-state index contributed by atoms with van der Waals surface area (Å²) in [6, 6.07) is 4.15. The van der Waals surface area contributed by atoms with E-state index in [4.69, 9.17) is 14.2 Å². The number of benzene rings is 1. The largest absolute Gasteiger partial charge is 0.490 e. The smallest absolute Gasteiger partial charge is 0.325 e. The Labute approximate surface area is 146 Å². The molecular formula is C17H24N2O6. The number of nitrogens with one attached hydrogen (secondary N) is 2. The zero-order valence-electron chi connectivity index (χ0n) is 14.7. The first-order valence-electron chi connectivity index (χ1n) is 8.16. The maximum absolute atomic E-state index is 11.8. The lowest BCUT2D eigenvalue weighted by molar-refractivity contribution is -0.148. The van der Waals surface area contributed by atoms with Gasteiger partial charge < -0.3 is 19.5 Å². The van der Waals surface area contributed by atoms with Gasteiger partial charge in [-0.15, -0.1) is 0 Å². The van der Waals surface area contributed by atoms with Crippen LogP contribution >= 0.6 is 0 Å². The van der Waals surface area contributed by atoms with E-state index in [0.29, 0.717) is 36.8 Å². The first-order chi connectivity index (χ1) is 12.0. The van der Waals surface area contributed by atoms with Crippen molar-refractivity contribution in [1.29, 1.82) is 0 Å². The maximum atomic E-state index is 11.8. The summed E-state index contributed by atoms with van der Waals surface area (Å²) in [5, 5.41) is 4.59. The van der Waals surface area contributed by atoms with E-state index in [1.165, 1.54) is 0 Å². The molecule has 2 N–H and O–H groups in total. The number of carbonyl (C=O) groups excluding carboxylic acids is 3. The SMILES string of the molecule is CCCC(=O)OCC(=O)NC(=O)Nc1ccc(OCC)c(OCC)c1. The third-order valence-corrected chi connectivity index (χ3v) is 2.87. The first-order valence-corrected chi connectivity index (χ1v) is 8.16. The number of hydrogen-bond acceptors (Lipinski definition) is 6. The van der Waals surface area contributed by atoms with Gasteiger partial charge >= 0.3 is 12.0 Å². The number of rotatable bonds is 9. The molecule has 3 amide bonds. The van der Waals surface area contributed by atoms with Crippen LogP contribution in [0.1, 0.15) is 33.6 Å². The minimum atomic E-state index is -0.733. The van der Waals surface area contributed by atoms with Crippen LogP contribution < -0.4 is 20.1 Å². The van der Waals surface area contributed by atoms with Gasteiger partial charge in [0.25, 0.3) is 5.91 Å². The molecule has 0 aliphatic carbocycles. The maximum Gasteiger partial charge on any atom is 0.325 e. The van der Waals surface area contributed by atoms with Gasteiger partial charge in [-0.3, -0.25) is 14.9 Å². The van der Waals surface area contributed by atoms with Crippen molar-refractivity contribution in [2.24, 2.45) is 0 Å². The van der Waals surface area contributed by atoms with Gasteiger partial charge in [0.05, 0.1) is 13.2 Å². The molecule has 0 unspecified atom stereocenters. The van der Waals surface area contributed by atoms with Crippen LogP contribution in [0.4, 0.5) is 10.5 Å². The monoisotopic (exact) mass is 352 g/mol. The summed E-state index contributed by atoms with van der Waals surface area (Å²) in [4.78, 5) is 34.6. The van der Waals surface area contributed by atoms with Gasteiger partial charge in [0.1, 0.15) is 0 Å². The standard InChI is InChI=1S/C17H24N2O6/c1-4-7-16(21)25-11-15(20)19-17(22)18-12-8-9-13(23-5-2)14(10-12)24-6-3/h8-10H,4-7,11H2,1-3H3,(H2,18,19,20,22). The molecule has 0 bridgehead atoms. The van der Waals surface area contributed by atoms with Crippen molar-refractivity contribution in [2.75, 3.05) is 25.1 Å². The van der Waals surface area contributed by atoms with E-state index in [1.807, 2.05) is 20.8 Å². The Morgan fingerprint density at radius 3 is 2.32 bits per heavy atom. The second-order valence-corrected chi connectivity index (χ2v) is 4.94. The quantitative estimate of drug-likeness (QED) is 0.662. The molecule has 0 saturated heterocycles. The van der Waals surface area contributed by atoms with E-state index in [0.717, 1.165) is 0 Å². The van der Waals surface area contributed by atoms with Gasteiger partial charge in [-0.05, 0) is 32.4 Å². The van der Waals surface area contributed by atoms with E-state index in [-0.39, 0.29) is 6.42 Å². The molecule has 0 atom stereocenters. The molecule has 25 heavy (non-hydrogen) atoms. The van der Waals surface area contributed by atoms with Crippen molar-refractivity contribution in [3.05, 3.63) is 18.2 Å². The molecule has 0 aliphatic rings. The van der Waals surface area contributed by atoms with Gasteiger partial charge in [-0.1, -0.05) is 6.92 Å². The van der Waals surface area contributed by atoms with Gasteiger partial charge in [0.15, 0.2) is 18.1 Å². The minimum absolute atomic E-state index is 0.228. The van der Waals surface area contributed by atoms with E-state index in [2.05, 4.69) is 10.6 Å². The predicted octanol–water partition coefficient (Wildman–Crippen LogP) is 2.48. The zero-order valence-corrected chi connectivity index (χ0v) is 14.7. The highest BCUT2D eigenvalue weighted by molar-refractivity contribution is 6.02. The van der Waals surface area contributed by atoms with Crippen LogP contribution in [0, 0.1) is 0 Å². The Kier molecular flexibility index (Phi) is 8.84. The molecule has 0 saturated carbocycles. The molecule has 1 aromatic carbocycles. The molecule has 0 aromatic heterocycles. The number of esters is 1. The highest BCUT2D eigenvalue weighted by atomic mass is 16.5. The molecule has 138 valence electrons. The fraction of sp³-hybridized carbons (Fsp3) is 0.471. The number of urea groups is 1. The topological polar surface area (TPSA) is 103 Å². The number of anilines is 1. The zero-order chi connectivity index (χ0) is 18.7. The molecular weight excluding hydrogens is 328 g/mol. The molecule has 0 aliphatic heterocycles. The lowest BCUT2D eigenvalue weighted by atomic mass is 10.2. The van der Waals surface area contributed by atoms with Crippen LogP contribution in [-0.2, 0) is 14.3 Å². The van der Waals surface area contributed by atoms with Crippen molar-refractivity contribution in [1.82, 2.24) is 5.32 Å². The predicted molar refractivity (Wildman–Crippen MR) is 91.8 cm³/mol. The highest BCUT2D eigenvalue weighted by Gasteiger charge is 2.12. The Bertz CT molecular complexity index is 603. The highest BCUT2D eigenvalue weighted by Crippen LogP contribution is 2.30. The molecule has 0 fully saturated rings. The van der Waals surface area contributed by atoms with Crippen molar-refractivity contribution >= 4 is 23.6 Å². The van der Waals surface area contributed by atoms with Gasteiger partial charge in [0, 0.05) is 18.2 Å². The summed E-state index contributed by atoms with van der Waals surface area (Å²) < 4.78 is 15.6. The lowest BCUT2D eigenvalue weighted by Crippen LogP contribution is -2.37. The van der Waals surface area contributed by atoms with Crippen LogP contribution in [0.3, 0.4) is 0 Å². The Morgan fingerprint density at radius 2 is 1.68 bits per heavy atom. The van der Waals surface area contributed by atoms with Crippen LogP contribution in [0.15, 0.2) is 18.2 Å². The summed E-state index contributed by atoms with van der Waals surface area (Å²) in [6.45, 7) is 5.94. The van der Waals surface area contributed by atoms with Crippen molar-refractivity contribution < 1.29 is 28.6 Å². The Balaban J connectivity index is 2.57. The molecule has 0 heterocycles. The van der Waals surface area contributed by atoms with Crippen LogP contribution in [0.2, 0.25) is 0 Å². The normalized spacial score (nSPS) is 9.88. The van der Waals surface area contributed by atoms with Crippen LogP contribution in [0.5, 0.6) is 11.5 Å². The van der Waals surface area contributed by atoms with Crippen LogP contribution in [0.25, 0.3) is 0 Å². The van der Waals surface area contributed by atoms with Gasteiger partial charge in [-0.2, -0.15) is 0 Å². The summed E-state index contributed by atoms with van der Waals surface area (Å²) in [6.07, 6.45) is 0.854. The van der Waals surface area contributed by atoms with E-state index in [9.17, 15) is 14.4 Å². The second kappa shape index (κ2) is 10.9. The van der Waals surface area contributed by atoms with E-state index in [1.54, 1.807) is 18.2 Å². The number of imide groups is 1. The fourth-order valence-electron chi connectivity index (χ4n) is 1.88. The number of amides is 3. The molecule has 0 spiro atoms. The third kappa shape index (κ3) is 7.56. The van der Waals surface area contributed by atoms with Gasteiger partial charge in [-0.25, -0.2) is 4.79 Å². The van der Waals surface area contributed by atoms with Gasteiger partial charge in [0.2, 0.25) is 0 Å². The van der Waals surface area contributed by atoms with Crippen molar-refractivity contribution in [3.63, 3.8) is 0 Å². The average Bonchev–Trinajstić information content (AvgIpc) is 2.56. The minimum Gasteiger partial charge on any atom is -0.490 e. The molecule has 0 radical (unpaired) electrons. The summed E-state index contributed by atoms with van der Waals surface area (Å²) in [7, 11) is 0. The molecule has 8 heteroatoms. The van der Waals surface area contributed by atoms with Crippen molar-refractivity contribution in [3.8, 4) is 11.5 Å².